The summed E-state index contributed by atoms with van der Waals surface area (Å²) in [5.41, 5.74) is 5.82. The smallest absolute Gasteiger partial charge is 0.234 e. The third-order valence-electron chi connectivity index (χ3n) is 2.92. The van der Waals surface area contributed by atoms with Crippen molar-refractivity contribution in [2.24, 2.45) is 12.8 Å². The normalized spacial score (nSPS) is 10.5. The Hall–Kier alpha value is -2.00. The number of para-hydroxylation sites is 1. The summed E-state index contributed by atoms with van der Waals surface area (Å²) in [4.78, 5) is 23.8. The van der Waals surface area contributed by atoms with Crippen molar-refractivity contribution in [2.45, 2.75) is 17.0 Å². The van der Waals surface area contributed by atoms with E-state index in [-0.39, 0.29) is 17.4 Å². The third kappa shape index (κ3) is 5.00. The molecule has 2 amide bonds. The Balaban J connectivity index is 1.94. The topological polar surface area (TPSA) is 103 Å². The standard InChI is InChI=1S/C14H17N5O2S2/c1-9-17-18-14(19(9)2)23-8-13(21)16-10-5-3-4-6-11(10)22-7-12(15)20/h3-6H,7-8H2,1-2H3,(H2,15,20)(H,16,21). The van der Waals surface area contributed by atoms with Crippen LogP contribution in [-0.4, -0.2) is 38.1 Å². The summed E-state index contributed by atoms with van der Waals surface area (Å²) in [6.07, 6.45) is 0. The highest BCUT2D eigenvalue weighted by atomic mass is 32.2. The maximum Gasteiger partial charge on any atom is 0.234 e. The number of amides is 2. The third-order valence-corrected chi connectivity index (χ3v) is 5.03. The van der Waals surface area contributed by atoms with Crippen LogP contribution >= 0.6 is 23.5 Å². The molecule has 9 heteroatoms. The first-order valence-electron chi connectivity index (χ1n) is 6.76. The van der Waals surface area contributed by atoms with E-state index >= 15 is 0 Å². The minimum Gasteiger partial charge on any atom is -0.369 e. The van der Waals surface area contributed by atoms with Gasteiger partial charge in [-0.1, -0.05) is 23.9 Å². The Labute approximate surface area is 142 Å². The first-order chi connectivity index (χ1) is 11.0. The predicted octanol–water partition coefficient (Wildman–Crippen LogP) is 1.43. The number of hydrogen-bond donors (Lipinski definition) is 2. The fourth-order valence-corrected chi connectivity index (χ4v) is 3.18. The minimum absolute atomic E-state index is 0.150. The van der Waals surface area contributed by atoms with E-state index in [2.05, 4.69) is 15.5 Å². The molecule has 0 aliphatic rings. The molecule has 2 aromatic rings. The number of carbonyl (C=O) groups is 2. The molecule has 0 aliphatic heterocycles. The zero-order valence-corrected chi connectivity index (χ0v) is 14.4. The number of benzene rings is 1. The number of anilines is 1. The number of aromatic nitrogens is 3. The molecule has 122 valence electrons. The summed E-state index contributed by atoms with van der Waals surface area (Å²) in [5.74, 6) is 0.633. The van der Waals surface area contributed by atoms with Gasteiger partial charge in [-0.15, -0.1) is 22.0 Å². The number of rotatable bonds is 7. The lowest BCUT2D eigenvalue weighted by Crippen LogP contribution is -2.16. The Morgan fingerprint density at radius 1 is 1.22 bits per heavy atom. The van der Waals surface area contributed by atoms with Gasteiger partial charge in [0.25, 0.3) is 0 Å². The van der Waals surface area contributed by atoms with Gasteiger partial charge in [0, 0.05) is 11.9 Å². The van der Waals surface area contributed by atoms with Gasteiger partial charge in [0.05, 0.1) is 17.2 Å². The summed E-state index contributed by atoms with van der Waals surface area (Å²) in [7, 11) is 1.85. The Bertz CT molecular complexity index is 717. The average Bonchev–Trinajstić information content (AvgIpc) is 2.83. The highest BCUT2D eigenvalue weighted by molar-refractivity contribution is 8.00. The van der Waals surface area contributed by atoms with Gasteiger partial charge in [-0.25, -0.2) is 0 Å². The van der Waals surface area contributed by atoms with Crippen LogP contribution in [0.1, 0.15) is 5.82 Å². The lowest BCUT2D eigenvalue weighted by molar-refractivity contribution is -0.115. The molecule has 0 unspecified atom stereocenters. The number of thioether (sulfide) groups is 2. The number of nitrogens with two attached hydrogens (primary N) is 1. The van der Waals surface area contributed by atoms with Crippen molar-refractivity contribution in [3.05, 3.63) is 30.1 Å². The van der Waals surface area contributed by atoms with Crippen LogP contribution in [0.4, 0.5) is 5.69 Å². The van der Waals surface area contributed by atoms with E-state index in [4.69, 9.17) is 5.73 Å². The maximum absolute atomic E-state index is 12.1. The summed E-state index contributed by atoms with van der Waals surface area (Å²) in [6, 6.07) is 7.29. The van der Waals surface area contributed by atoms with Crippen LogP contribution in [0, 0.1) is 6.92 Å². The molecule has 23 heavy (non-hydrogen) atoms. The summed E-state index contributed by atoms with van der Waals surface area (Å²) in [5, 5.41) is 11.5. The molecule has 0 radical (unpaired) electrons. The van der Waals surface area contributed by atoms with Crippen LogP contribution in [0.25, 0.3) is 0 Å². The second-order valence-corrected chi connectivity index (χ2v) is 6.64. The maximum atomic E-state index is 12.1. The second-order valence-electron chi connectivity index (χ2n) is 4.68. The van der Waals surface area contributed by atoms with E-state index in [1.165, 1.54) is 23.5 Å². The first kappa shape index (κ1) is 17.4. The molecule has 1 heterocycles. The molecule has 0 saturated heterocycles. The van der Waals surface area contributed by atoms with Gasteiger partial charge in [-0.2, -0.15) is 0 Å². The summed E-state index contributed by atoms with van der Waals surface area (Å²) >= 11 is 2.61. The molecule has 1 aromatic heterocycles. The number of nitrogens with one attached hydrogen (secondary N) is 1. The molecule has 0 fully saturated rings. The van der Waals surface area contributed by atoms with Crippen LogP contribution in [0.2, 0.25) is 0 Å². The van der Waals surface area contributed by atoms with Crippen molar-refractivity contribution in [1.29, 1.82) is 0 Å². The lowest BCUT2D eigenvalue weighted by atomic mass is 10.3. The van der Waals surface area contributed by atoms with E-state index in [9.17, 15) is 9.59 Å². The van der Waals surface area contributed by atoms with Gasteiger partial charge >= 0.3 is 0 Å². The average molecular weight is 351 g/mol. The van der Waals surface area contributed by atoms with Gasteiger partial charge in [-0.3, -0.25) is 9.59 Å². The number of nitrogens with zero attached hydrogens (tertiary/aromatic N) is 3. The number of hydrogen-bond acceptors (Lipinski definition) is 6. The van der Waals surface area contributed by atoms with Crippen molar-refractivity contribution in [3.63, 3.8) is 0 Å². The number of primary amides is 1. The van der Waals surface area contributed by atoms with Crippen LogP contribution < -0.4 is 11.1 Å². The van der Waals surface area contributed by atoms with Crippen molar-refractivity contribution in [3.8, 4) is 0 Å². The number of aryl methyl sites for hydroxylation is 1. The highest BCUT2D eigenvalue weighted by Gasteiger charge is 2.11. The zero-order valence-electron chi connectivity index (χ0n) is 12.8. The molecular formula is C14H17N5O2S2. The minimum atomic E-state index is -0.399. The molecule has 0 aliphatic carbocycles. The Morgan fingerprint density at radius 3 is 2.61 bits per heavy atom. The predicted molar refractivity (Wildman–Crippen MR) is 91.5 cm³/mol. The quantitative estimate of drug-likeness (QED) is 0.732. The van der Waals surface area contributed by atoms with E-state index in [1.807, 2.05) is 36.7 Å². The van der Waals surface area contributed by atoms with Crippen LogP contribution in [0.3, 0.4) is 0 Å². The summed E-state index contributed by atoms with van der Waals surface area (Å²) < 4.78 is 1.83. The van der Waals surface area contributed by atoms with E-state index in [0.717, 1.165) is 10.7 Å². The van der Waals surface area contributed by atoms with E-state index in [0.29, 0.717) is 10.8 Å². The van der Waals surface area contributed by atoms with Crippen LogP contribution in [0.15, 0.2) is 34.3 Å². The molecule has 0 spiro atoms. The summed E-state index contributed by atoms with van der Waals surface area (Å²) in [6.45, 7) is 1.85. The molecule has 0 bridgehead atoms. The van der Waals surface area contributed by atoms with Crippen LogP contribution in [0.5, 0.6) is 0 Å². The highest BCUT2D eigenvalue weighted by Crippen LogP contribution is 2.27. The molecule has 2 rings (SSSR count). The van der Waals surface area contributed by atoms with Crippen molar-refractivity contribution in [1.82, 2.24) is 14.8 Å². The Kier molecular flexibility index (Phi) is 6.05. The van der Waals surface area contributed by atoms with Gasteiger partial charge in [0.15, 0.2) is 5.16 Å². The lowest BCUT2D eigenvalue weighted by Gasteiger charge is -2.10. The van der Waals surface area contributed by atoms with E-state index < -0.39 is 5.91 Å². The first-order valence-corrected chi connectivity index (χ1v) is 8.73. The van der Waals surface area contributed by atoms with Crippen molar-refractivity contribution < 1.29 is 9.59 Å². The molecule has 1 aromatic carbocycles. The van der Waals surface area contributed by atoms with Gasteiger partial charge in [0.1, 0.15) is 5.82 Å². The Morgan fingerprint density at radius 2 is 1.96 bits per heavy atom. The van der Waals surface area contributed by atoms with Gasteiger partial charge in [-0.05, 0) is 19.1 Å². The monoisotopic (exact) mass is 351 g/mol. The fourth-order valence-electron chi connectivity index (χ4n) is 1.67. The molecule has 7 nitrogen and oxygen atoms in total. The second kappa shape index (κ2) is 8.02. The number of carbonyl (C=O) groups excluding carboxylic acids is 2. The van der Waals surface area contributed by atoms with Gasteiger partial charge in [0.2, 0.25) is 11.8 Å². The molecular weight excluding hydrogens is 334 g/mol. The molecule has 3 N–H and O–H groups in total. The van der Waals surface area contributed by atoms with E-state index in [1.54, 1.807) is 6.07 Å². The fraction of sp³-hybridized carbons (Fsp3) is 0.286. The van der Waals surface area contributed by atoms with Crippen LogP contribution in [-0.2, 0) is 16.6 Å². The van der Waals surface area contributed by atoms with Crippen molar-refractivity contribution in [2.75, 3.05) is 16.8 Å². The van der Waals surface area contributed by atoms with Crippen molar-refractivity contribution >= 4 is 41.0 Å². The molecule has 0 atom stereocenters. The largest absolute Gasteiger partial charge is 0.369 e. The van der Waals surface area contributed by atoms with Gasteiger partial charge < -0.3 is 15.6 Å². The SMILES string of the molecule is Cc1nnc(SCC(=O)Nc2ccccc2SCC(N)=O)n1C. The zero-order chi connectivity index (χ0) is 16.8. The molecule has 0 saturated carbocycles.